The van der Waals surface area contributed by atoms with Crippen LogP contribution in [0.25, 0.3) is 0 Å². The Labute approximate surface area is 127 Å². The SMILES string of the molecule is CCOC(=O)c1ccccc1N=NC(C(=O)O)=C(O)C(F)(F)F. The summed E-state index contributed by atoms with van der Waals surface area (Å²) in [5.74, 6) is -5.33. The fourth-order valence-corrected chi connectivity index (χ4v) is 1.37. The zero-order valence-corrected chi connectivity index (χ0v) is 11.7. The van der Waals surface area contributed by atoms with Crippen LogP contribution in [0.4, 0.5) is 18.9 Å². The van der Waals surface area contributed by atoms with Crippen molar-refractivity contribution < 1.29 is 37.7 Å². The molecule has 1 aromatic rings. The van der Waals surface area contributed by atoms with Gasteiger partial charge in [-0.25, -0.2) is 9.59 Å². The molecule has 0 aliphatic heterocycles. The van der Waals surface area contributed by atoms with E-state index in [0.717, 1.165) is 0 Å². The Balaban J connectivity index is 3.27. The smallest absolute Gasteiger partial charge is 0.451 e. The number of aliphatic hydroxyl groups is 1. The third-order valence-corrected chi connectivity index (χ3v) is 2.35. The molecule has 23 heavy (non-hydrogen) atoms. The molecule has 124 valence electrons. The third kappa shape index (κ3) is 4.80. The molecule has 0 aliphatic carbocycles. The molecule has 0 amide bonds. The van der Waals surface area contributed by atoms with E-state index in [9.17, 15) is 22.8 Å². The van der Waals surface area contributed by atoms with Gasteiger partial charge in [0.1, 0.15) is 5.69 Å². The summed E-state index contributed by atoms with van der Waals surface area (Å²) in [5.41, 5.74) is -2.02. The fourth-order valence-electron chi connectivity index (χ4n) is 1.37. The highest BCUT2D eigenvalue weighted by Crippen LogP contribution is 2.28. The molecule has 0 saturated heterocycles. The van der Waals surface area contributed by atoms with Gasteiger partial charge in [-0.05, 0) is 19.1 Å². The Hall–Kier alpha value is -2.91. The van der Waals surface area contributed by atoms with Gasteiger partial charge < -0.3 is 14.9 Å². The normalized spacial score (nSPS) is 12.9. The number of allylic oxidation sites excluding steroid dienone is 1. The monoisotopic (exact) mass is 332 g/mol. The van der Waals surface area contributed by atoms with Gasteiger partial charge in [0.05, 0.1) is 12.2 Å². The van der Waals surface area contributed by atoms with Gasteiger partial charge in [-0.3, -0.25) is 0 Å². The number of aliphatic hydroxyl groups excluding tert-OH is 1. The number of nitrogens with zero attached hydrogens (tertiary/aromatic N) is 2. The van der Waals surface area contributed by atoms with Crippen LogP contribution in [-0.2, 0) is 9.53 Å². The van der Waals surface area contributed by atoms with Crippen LogP contribution in [0.5, 0.6) is 0 Å². The zero-order valence-electron chi connectivity index (χ0n) is 11.7. The second-order valence-electron chi connectivity index (χ2n) is 3.94. The highest BCUT2D eigenvalue weighted by Gasteiger charge is 2.39. The predicted molar refractivity (Wildman–Crippen MR) is 70.3 cm³/mol. The number of alkyl halides is 3. The van der Waals surface area contributed by atoms with Crippen LogP contribution in [0.1, 0.15) is 17.3 Å². The topological polar surface area (TPSA) is 109 Å². The quantitative estimate of drug-likeness (QED) is 0.372. The lowest BCUT2D eigenvalue weighted by Gasteiger charge is -2.06. The summed E-state index contributed by atoms with van der Waals surface area (Å²) in [6.07, 6.45) is -5.30. The Morgan fingerprint density at radius 3 is 2.35 bits per heavy atom. The van der Waals surface area contributed by atoms with Gasteiger partial charge in [0.25, 0.3) is 0 Å². The molecule has 1 rings (SSSR count). The van der Waals surface area contributed by atoms with E-state index in [-0.39, 0.29) is 17.9 Å². The summed E-state index contributed by atoms with van der Waals surface area (Å²) >= 11 is 0. The number of ether oxygens (including phenoxy) is 1. The predicted octanol–water partition coefficient (Wildman–Crippen LogP) is 3.36. The fraction of sp³-hybridized carbons (Fsp3) is 0.231. The average Bonchev–Trinajstić information content (AvgIpc) is 2.46. The van der Waals surface area contributed by atoms with Gasteiger partial charge in [0, 0.05) is 0 Å². The maximum absolute atomic E-state index is 12.3. The number of benzene rings is 1. The lowest BCUT2D eigenvalue weighted by atomic mass is 10.2. The number of esters is 1. The molecule has 7 nitrogen and oxygen atoms in total. The van der Waals surface area contributed by atoms with Crippen molar-refractivity contribution in [1.29, 1.82) is 0 Å². The number of halogens is 3. The molecule has 0 aromatic heterocycles. The molecular formula is C13H11F3N2O5. The van der Waals surface area contributed by atoms with E-state index in [0.29, 0.717) is 0 Å². The van der Waals surface area contributed by atoms with Crippen molar-refractivity contribution in [2.24, 2.45) is 10.2 Å². The number of aliphatic carboxylic acids is 1. The van der Waals surface area contributed by atoms with E-state index in [4.69, 9.17) is 14.9 Å². The Morgan fingerprint density at radius 1 is 1.22 bits per heavy atom. The van der Waals surface area contributed by atoms with Crippen LogP contribution in [0.2, 0.25) is 0 Å². The number of carbonyl (C=O) groups is 2. The standard InChI is InChI=1S/C13H11F3N2O5/c1-2-23-12(22)7-5-3-4-6-8(7)17-18-9(11(20)21)10(19)13(14,15)16/h3-6,19H,2H2,1H3,(H,20,21). The molecule has 0 spiro atoms. The number of carboxylic acid groups (broad SMARTS) is 1. The van der Waals surface area contributed by atoms with Crippen molar-refractivity contribution in [3.05, 3.63) is 41.3 Å². The lowest BCUT2D eigenvalue weighted by Crippen LogP contribution is -2.16. The van der Waals surface area contributed by atoms with Crippen molar-refractivity contribution in [1.82, 2.24) is 0 Å². The summed E-state index contributed by atoms with van der Waals surface area (Å²) < 4.78 is 41.8. The van der Waals surface area contributed by atoms with Gasteiger partial charge in [-0.15, -0.1) is 10.2 Å². The third-order valence-electron chi connectivity index (χ3n) is 2.35. The van der Waals surface area contributed by atoms with Gasteiger partial charge >= 0.3 is 18.1 Å². The summed E-state index contributed by atoms with van der Waals surface area (Å²) in [7, 11) is 0. The molecular weight excluding hydrogens is 321 g/mol. The number of azo groups is 1. The second-order valence-corrected chi connectivity index (χ2v) is 3.94. The van der Waals surface area contributed by atoms with Crippen molar-refractivity contribution in [2.75, 3.05) is 6.61 Å². The van der Waals surface area contributed by atoms with Gasteiger partial charge in [-0.1, -0.05) is 12.1 Å². The first kappa shape index (κ1) is 18.1. The van der Waals surface area contributed by atoms with Gasteiger partial charge in [-0.2, -0.15) is 13.2 Å². The maximum Gasteiger partial charge on any atom is 0.451 e. The molecule has 0 aliphatic rings. The average molecular weight is 332 g/mol. The minimum atomic E-state index is -5.30. The lowest BCUT2D eigenvalue weighted by molar-refractivity contribution is -0.138. The van der Waals surface area contributed by atoms with E-state index in [2.05, 4.69) is 10.2 Å². The molecule has 0 radical (unpaired) electrons. The van der Waals surface area contributed by atoms with E-state index in [1.807, 2.05) is 0 Å². The molecule has 0 bridgehead atoms. The highest BCUT2D eigenvalue weighted by atomic mass is 19.4. The highest BCUT2D eigenvalue weighted by molar-refractivity contribution is 5.94. The van der Waals surface area contributed by atoms with Gasteiger partial charge in [0.2, 0.25) is 11.5 Å². The number of carbonyl (C=O) groups excluding carboxylic acids is 1. The molecule has 0 atom stereocenters. The Morgan fingerprint density at radius 2 is 1.83 bits per heavy atom. The first-order valence-electron chi connectivity index (χ1n) is 6.10. The molecule has 0 saturated carbocycles. The van der Waals surface area contributed by atoms with Crippen molar-refractivity contribution in [3.8, 4) is 0 Å². The van der Waals surface area contributed by atoms with Crippen LogP contribution < -0.4 is 0 Å². The van der Waals surface area contributed by atoms with E-state index in [1.165, 1.54) is 24.3 Å². The summed E-state index contributed by atoms with van der Waals surface area (Å²) in [5, 5.41) is 23.8. The Kier molecular flexibility index (Phi) is 5.82. The van der Waals surface area contributed by atoms with Crippen LogP contribution in [-0.4, -0.2) is 34.9 Å². The number of carboxylic acids is 1. The van der Waals surface area contributed by atoms with Crippen LogP contribution in [0, 0.1) is 0 Å². The molecule has 0 unspecified atom stereocenters. The maximum atomic E-state index is 12.3. The molecule has 1 aromatic carbocycles. The minimum absolute atomic E-state index is 0.0550. The summed E-state index contributed by atoms with van der Waals surface area (Å²) in [4.78, 5) is 22.4. The Bertz CT molecular complexity index is 668. The summed E-state index contributed by atoms with van der Waals surface area (Å²) in [6, 6.07) is 5.36. The zero-order chi connectivity index (χ0) is 17.6. The molecule has 0 fully saturated rings. The molecule has 10 heteroatoms. The minimum Gasteiger partial charge on any atom is -0.502 e. The first-order valence-corrected chi connectivity index (χ1v) is 6.10. The van der Waals surface area contributed by atoms with Gasteiger partial charge in [0.15, 0.2) is 0 Å². The number of rotatable bonds is 5. The van der Waals surface area contributed by atoms with Crippen LogP contribution >= 0.6 is 0 Å². The van der Waals surface area contributed by atoms with Crippen LogP contribution in [0.15, 0.2) is 46.0 Å². The largest absolute Gasteiger partial charge is 0.502 e. The van der Waals surface area contributed by atoms with Crippen molar-refractivity contribution in [3.63, 3.8) is 0 Å². The van der Waals surface area contributed by atoms with Crippen molar-refractivity contribution in [2.45, 2.75) is 13.1 Å². The van der Waals surface area contributed by atoms with E-state index in [1.54, 1.807) is 6.92 Å². The summed E-state index contributed by atoms with van der Waals surface area (Å²) in [6.45, 7) is 1.61. The molecule has 2 N–H and O–H groups in total. The number of hydrogen-bond donors (Lipinski definition) is 2. The molecule has 0 heterocycles. The number of hydrogen-bond acceptors (Lipinski definition) is 6. The first-order chi connectivity index (χ1) is 10.7. The van der Waals surface area contributed by atoms with E-state index < -0.39 is 29.6 Å². The van der Waals surface area contributed by atoms with Crippen molar-refractivity contribution >= 4 is 17.6 Å². The second kappa shape index (κ2) is 7.38. The van der Waals surface area contributed by atoms with Crippen LogP contribution in [0.3, 0.4) is 0 Å². The van der Waals surface area contributed by atoms with E-state index >= 15 is 0 Å².